The largest absolute Gasteiger partial charge is 0.495 e. The molecule has 1 amide bonds. The van der Waals surface area contributed by atoms with Gasteiger partial charge in [0.1, 0.15) is 23.5 Å². The molecule has 2 aromatic carbocycles. The van der Waals surface area contributed by atoms with Gasteiger partial charge in [0.05, 0.1) is 23.9 Å². The Morgan fingerprint density at radius 3 is 2.47 bits per heavy atom. The fourth-order valence-electron chi connectivity index (χ4n) is 4.48. The van der Waals surface area contributed by atoms with Crippen LogP contribution in [0.25, 0.3) is 33.4 Å². The molecular weight excluding hydrogens is 480 g/mol. The van der Waals surface area contributed by atoms with Gasteiger partial charge < -0.3 is 25.3 Å². The number of methoxy groups -OCH3 is 1. The topological polar surface area (TPSA) is 124 Å². The van der Waals surface area contributed by atoms with Crippen LogP contribution in [0.15, 0.2) is 79.9 Å². The number of carbonyl (C=O) groups excluding carboxylic acids is 1. The highest BCUT2D eigenvalue weighted by molar-refractivity contribution is 6.08. The van der Waals surface area contributed by atoms with E-state index >= 15 is 0 Å². The molecular formula is C28H26N8O2. The van der Waals surface area contributed by atoms with Crippen molar-refractivity contribution in [1.82, 2.24) is 24.5 Å². The number of nitrogens with zero attached hydrogens (tertiary/aromatic N) is 6. The van der Waals surface area contributed by atoms with E-state index < -0.39 is 0 Å². The maximum atomic E-state index is 11.7. The minimum atomic E-state index is -0.274. The van der Waals surface area contributed by atoms with Crippen LogP contribution in [0, 0.1) is 0 Å². The Balaban J connectivity index is 1.68. The average molecular weight is 507 g/mol. The predicted octanol–water partition coefficient (Wildman–Crippen LogP) is 4.58. The van der Waals surface area contributed by atoms with E-state index in [1.807, 2.05) is 66.0 Å². The zero-order valence-corrected chi connectivity index (χ0v) is 21.2. The van der Waals surface area contributed by atoms with E-state index in [4.69, 9.17) is 10.5 Å². The van der Waals surface area contributed by atoms with E-state index in [1.165, 1.54) is 12.4 Å². The Morgan fingerprint density at radius 2 is 1.79 bits per heavy atom. The number of aromatic nitrogens is 5. The first-order valence-corrected chi connectivity index (χ1v) is 11.7. The Hall–Kier alpha value is -5.25. The highest BCUT2D eigenvalue weighted by Gasteiger charge is 2.23. The molecule has 0 bridgehead atoms. The number of nitrogens with two attached hydrogens (primary N) is 1. The van der Waals surface area contributed by atoms with Crippen molar-refractivity contribution in [3.05, 3.63) is 79.9 Å². The number of hydrogen-bond acceptors (Lipinski definition) is 8. The number of carbonyl (C=O) groups is 1. The molecule has 0 radical (unpaired) electrons. The van der Waals surface area contributed by atoms with Crippen molar-refractivity contribution >= 4 is 40.1 Å². The standard InChI is InChI=1S/C28H26N8O2/c1-5-22(37)34-19-10-7-17(8-11-19)25-23(24-26(29)32-16-33-27(24)36(25)3)18-9-12-20(21(15-18)38-4)35(2)28-30-13-6-14-31-28/h5-16H,1H2,2-4H3,(H,34,37)(H2,29,32,33). The van der Waals surface area contributed by atoms with Crippen LogP contribution in [-0.2, 0) is 11.8 Å². The Bertz CT molecular complexity index is 1650. The van der Waals surface area contributed by atoms with E-state index in [2.05, 4.69) is 31.8 Å². The van der Waals surface area contributed by atoms with Gasteiger partial charge >= 0.3 is 0 Å². The molecule has 190 valence electrons. The molecule has 0 spiro atoms. The monoisotopic (exact) mass is 506 g/mol. The van der Waals surface area contributed by atoms with Crippen molar-refractivity contribution in [1.29, 1.82) is 0 Å². The maximum absolute atomic E-state index is 11.7. The van der Waals surface area contributed by atoms with Crippen molar-refractivity contribution in [3.63, 3.8) is 0 Å². The van der Waals surface area contributed by atoms with Crippen LogP contribution in [0.3, 0.4) is 0 Å². The van der Waals surface area contributed by atoms with Crippen LogP contribution in [0.5, 0.6) is 5.75 Å². The van der Waals surface area contributed by atoms with Gasteiger partial charge in [0.25, 0.3) is 0 Å². The Morgan fingerprint density at radius 1 is 1.08 bits per heavy atom. The van der Waals surface area contributed by atoms with E-state index in [0.29, 0.717) is 28.9 Å². The van der Waals surface area contributed by atoms with Gasteiger partial charge in [-0.2, -0.15) is 0 Å². The van der Waals surface area contributed by atoms with Crippen molar-refractivity contribution in [3.8, 4) is 28.1 Å². The molecule has 38 heavy (non-hydrogen) atoms. The zero-order valence-electron chi connectivity index (χ0n) is 21.2. The van der Waals surface area contributed by atoms with Crippen LogP contribution in [0.2, 0.25) is 0 Å². The highest BCUT2D eigenvalue weighted by Crippen LogP contribution is 2.44. The average Bonchev–Trinajstić information content (AvgIpc) is 3.26. The van der Waals surface area contributed by atoms with E-state index in [1.54, 1.807) is 25.6 Å². The number of ether oxygens (including phenoxy) is 1. The minimum absolute atomic E-state index is 0.274. The summed E-state index contributed by atoms with van der Waals surface area (Å²) in [6.07, 6.45) is 6.07. The van der Waals surface area contributed by atoms with Gasteiger partial charge in [-0.3, -0.25) is 4.79 Å². The molecule has 0 aliphatic heterocycles. The van der Waals surface area contributed by atoms with Crippen LogP contribution >= 0.6 is 0 Å². The second-order valence-corrected chi connectivity index (χ2v) is 8.51. The molecule has 5 aromatic rings. The molecule has 0 saturated heterocycles. The van der Waals surface area contributed by atoms with Crippen LogP contribution in [0.1, 0.15) is 0 Å². The molecule has 0 saturated carbocycles. The first-order valence-electron chi connectivity index (χ1n) is 11.7. The molecule has 3 heterocycles. The molecule has 10 nitrogen and oxygen atoms in total. The number of fused-ring (bicyclic) bond motifs is 1. The third kappa shape index (κ3) is 4.28. The third-order valence-electron chi connectivity index (χ3n) is 6.29. The second kappa shape index (κ2) is 10.0. The minimum Gasteiger partial charge on any atom is -0.495 e. The zero-order chi connectivity index (χ0) is 26.8. The molecule has 0 aliphatic carbocycles. The molecule has 0 aliphatic rings. The quantitative estimate of drug-likeness (QED) is 0.308. The van der Waals surface area contributed by atoms with Gasteiger partial charge in [-0.1, -0.05) is 24.8 Å². The van der Waals surface area contributed by atoms with Crippen molar-refractivity contribution < 1.29 is 9.53 Å². The van der Waals surface area contributed by atoms with E-state index in [-0.39, 0.29) is 5.91 Å². The number of nitrogens with one attached hydrogen (secondary N) is 1. The van der Waals surface area contributed by atoms with Crippen molar-refractivity contribution in [2.24, 2.45) is 7.05 Å². The summed E-state index contributed by atoms with van der Waals surface area (Å²) in [6.45, 7) is 3.50. The van der Waals surface area contributed by atoms with Crippen LogP contribution in [-0.4, -0.2) is 44.6 Å². The lowest BCUT2D eigenvalue weighted by atomic mass is 9.98. The first kappa shape index (κ1) is 24.4. The van der Waals surface area contributed by atoms with Gasteiger partial charge in [-0.15, -0.1) is 0 Å². The summed E-state index contributed by atoms with van der Waals surface area (Å²) < 4.78 is 7.78. The lowest BCUT2D eigenvalue weighted by Gasteiger charge is -2.20. The smallest absolute Gasteiger partial charge is 0.247 e. The predicted molar refractivity (Wildman–Crippen MR) is 149 cm³/mol. The summed E-state index contributed by atoms with van der Waals surface area (Å²) in [5, 5.41) is 3.51. The maximum Gasteiger partial charge on any atom is 0.247 e. The number of aryl methyl sites for hydroxylation is 1. The second-order valence-electron chi connectivity index (χ2n) is 8.51. The summed E-state index contributed by atoms with van der Waals surface area (Å²) in [6, 6.07) is 15.2. The summed E-state index contributed by atoms with van der Waals surface area (Å²) in [7, 11) is 5.45. The van der Waals surface area contributed by atoms with Gasteiger partial charge in [-0.05, 0) is 47.5 Å². The summed E-state index contributed by atoms with van der Waals surface area (Å²) in [4.78, 5) is 31.1. The van der Waals surface area contributed by atoms with E-state index in [9.17, 15) is 4.79 Å². The van der Waals surface area contributed by atoms with E-state index in [0.717, 1.165) is 33.5 Å². The molecule has 3 aromatic heterocycles. The van der Waals surface area contributed by atoms with Gasteiger partial charge in [-0.25, -0.2) is 19.9 Å². The van der Waals surface area contributed by atoms with Gasteiger partial charge in [0.15, 0.2) is 0 Å². The molecule has 5 rings (SSSR count). The fourth-order valence-corrected chi connectivity index (χ4v) is 4.48. The SMILES string of the molecule is C=CC(=O)Nc1ccc(-c2c(-c3ccc(N(C)c4ncccn4)c(OC)c3)c3c(N)ncnc3n2C)cc1. The summed E-state index contributed by atoms with van der Waals surface area (Å²) in [5.74, 6) is 1.28. The lowest BCUT2D eigenvalue weighted by Crippen LogP contribution is -2.13. The number of amides is 1. The van der Waals surface area contributed by atoms with Gasteiger partial charge in [0.2, 0.25) is 11.9 Å². The van der Waals surface area contributed by atoms with Crippen molar-refractivity contribution in [2.45, 2.75) is 0 Å². The number of rotatable bonds is 7. The normalized spacial score (nSPS) is 10.8. The number of nitrogen functional groups attached to an aromatic ring is 1. The van der Waals surface area contributed by atoms with Crippen molar-refractivity contribution in [2.75, 3.05) is 30.1 Å². The fraction of sp³-hybridized carbons (Fsp3) is 0.107. The molecule has 3 N–H and O–H groups in total. The number of anilines is 4. The lowest BCUT2D eigenvalue weighted by molar-refractivity contribution is -0.111. The summed E-state index contributed by atoms with van der Waals surface area (Å²) in [5.41, 5.74) is 12.1. The molecule has 0 unspecified atom stereocenters. The third-order valence-corrected chi connectivity index (χ3v) is 6.29. The molecule has 10 heteroatoms. The Kier molecular flexibility index (Phi) is 6.44. The molecule has 0 fully saturated rings. The molecule has 0 atom stereocenters. The van der Waals surface area contributed by atoms with Crippen LogP contribution in [0.4, 0.5) is 23.1 Å². The number of benzene rings is 2. The Labute approximate surface area is 219 Å². The first-order chi connectivity index (χ1) is 18.4. The highest BCUT2D eigenvalue weighted by atomic mass is 16.5. The number of hydrogen-bond donors (Lipinski definition) is 2. The summed E-state index contributed by atoms with van der Waals surface area (Å²) >= 11 is 0. The van der Waals surface area contributed by atoms with Crippen LogP contribution < -0.4 is 20.7 Å². The van der Waals surface area contributed by atoms with Gasteiger partial charge in [0, 0.05) is 37.7 Å².